The van der Waals surface area contributed by atoms with Gasteiger partial charge in [0.15, 0.2) is 5.82 Å². The summed E-state index contributed by atoms with van der Waals surface area (Å²) in [5.41, 5.74) is 9.62. The van der Waals surface area contributed by atoms with Crippen molar-refractivity contribution in [1.82, 2.24) is 20.5 Å². The zero-order chi connectivity index (χ0) is 22.8. The minimum atomic E-state index is -4.39. The van der Waals surface area contributed by atoms with Gasteiger partial charge in [-0.25, -0.2) is 4.98 Å². The second kappa shape index (κ2) is 8.94. The van der Waals surface area contributed by atoms with E-state index in [9.17, 15) is 18.0 Å². The number of halogens is 3. The lowest BCUT2D eigenvalue weighted by Gasteiger charge is -2.38. The third-order valence-corrected chi connectivity index (χ3v) is 4.95. The van der Waals surface area contributed by atoms with Crippen molar-refractivity contribution in [2.75, 3.05) is 18.5 Å². The number of aryl methyl sites for hydroxylation is 1. The highest BCUT2D eigenvalue weighted by atomic mass is 19.4. The van der Waals surface area contributed by atoms with E-state index in [0.717, 1.165) is 10.7 Å². The van der Waals surface area contributed by atoms with Gasteiger partial charge in [0.05, 0.1) is 0 Å². The van der Waals surface area contributed by atoms with Crippen molar-refractivity contribution >= 4 is 17.6 Å². The molecule has 0 saturated carbocycles. The van der Waals surface area contributed by atoms with E-state index in [1.807, 2.05) is 0 Å². The number of piperidine rings is 1. The molecule has 0 amide bonds. The van der Waals surface area contributed by atoms with Crippen LogP contribution in [0.15, 0.2) is 34.2 Å². The number of nitrogens with two attached hydrogens (primary N) is 2. The number of H-pyrrole nitrogens is 1. The van der Waals surface area contributed by atoms with Crippen LogP contribution in [-0.2, 0) is 0 Å². The summed E-state index contributed by atoms with van der Waals surface area (Å²) in [6, 6.07) is 2.86. The zero-order valence-corrected chi connectivity index (χ0v) is 17.2. The zero-order valence-electron chi connectivity index (χ0n) is 17.2. The van der Waals surface area contributed by atoms with Gasteiger partial charge in [-0.2, -0.15) is 23.3 Å². The maximum atomic E-state index is 13.5. The molecule has 3 rings (SSSR count). The summed E-state index contributed by atoms with van der Waals surface area (Å²) in [6.45, 7) is 1.99. The molecule has 31 heavy (non-hydrogen) atoms. The molecule has 0 aromatic carbocycles. The molecule has 2 aromatic rings. The lowest BCUT2D eigenvalue weighted by atomic mass is 10.00. The number of aromatic nitrogens is 2. The summed E-state index contributed by atoms with van der Waals surface area (Å²) >= 11 is 0. The van der Waals surface area contributed by atoms with Gasteiger partial charge in [-0.15, -0.1) is 0 Å². The molecule has 6 N–H and O–H groups in total. The highest BCUT2D eigenvalue weighted by molar-refractivity contribution is 5.81. The number of alkyl halides is 3. The minimum absolute atomic E-state index is 0.000219. The lowest BCUT2D eigenvalue weighted by Crippen LogP contribution is -2.49. The number of aromatic amines is 1. The van der Waals surface area contributed by atoms with Gasteiger partial charge in [-0.05, 0) is 55.0 Å². The topological polar surface area (TPSA) is 129 Å². The molecule has 9 nitrogen and oxygen atoms in total. The van der Waals surface area contributed by atoms with Crippen LogP contribution in [0.3, 0.4) is 0 Å². The number of pyridine rings is 2. The van der Waals surface area contributed by atoms with Gasteiger partial charge >= 0.3 is 6.18 Å². The van der Waals surface area contributed by atoms with E-state index in [2.05, 4.69) is 20.4 Å². The first-order valence-corrected chi connectivity index (χ1v) is 9.68. The highest BCUT2D eigenvalue weighted by Crippen LogP contribution is 2.35. The smallest absolute Gasteiger partial charge is 0.368 e. The first-order chi connectivity index (χ1) is 14.5. The van der Waals surface area contributed by atoms with E-state index in [1.165, 1.54) is 18.0 Å². The summed E-state index contributed by atoms with van der Waals surface area (Å²) in [5.74, 6) is 5.84. The fourth-order valence-corrected chi connectivity index (χ4v) is 3.61. The van der Waals surface area contributed by atoms with E-state index >= 15 is 0 Å². The second-order valence-corrected chi connectivity index (χ2v) is 7.44. The number of hydrogen-bond acceptors (Lipinski definition) is 6. The van der Waals surface area contributed by atoms with Crippen LogP contribution in [0.2, 0.25) is 0 Å². The van der Waals surface area contributed by atoms with E-state index in [-0.39, 0.29) is 30.6 Å². The van der Waals surface area contributed by atoms with Crippen LogP contribution in [0.1, 0.15) is 24.8 Å². The number of hydrazine groups is 2. The van der Waals surface area contributed by atoms with Crippen molar-refractivity contribution in [3.05, 3.63) is 40.3 Å². The molecular weight excluding hydrogens is 413 g/mol. The van der Waals surface area contributed by atoms with Gasteiger partial charge in [-0.1, -0.05) is 0 Å². The largest absolute Gasteiger partial charge is 0.408 e. The van der Waals surface area contributed by atoms with Gasteiger partial charge in [-0.3, -0.25) is 16.1 Å². The molecule has 3 heterocycles. The molecule has 1 fully saturated rings. The van der Waals surface area contributed by atoms with Crippen LogP contribution >= 0.6 is 0 Å². The summed E-state index contributed by atoms with van der Waals surface area (Å²) < 4.78 is 40.6. The first-order valence-electron chi connectivity index (χ1n) is 9.68. The number of nitrogens with one attached hydrogen (secondary N) is 2. The van der Waals surface area contributed by atoms with Gasteiger partial charge in [0, 0.05) is 25.9 Å². The molecule has 1 aliphatic rings. The van der Waals surface area contributed by atoms with Crippen molar-refractivity contribution in [3.8, 4) is 11.1 Å². The Morgan fingerprint density at radius 1 is 1.35 bits per heavy atom. The lowest BCUT2D eigenvalue weighted by molar-refractivity contribution is -0.152. The van der Waals surface area contributed by atoms with Crippen LogP contribution in [0, 0.1) is 6.92 Å². The molecule has 0 bridgehead atoms. The third kappa shape index (κ3) is 5.52. The predicted octanol–water partition coefficient (Wildman–Crippen LogP) is 1.92. The first kappa shape index (κ1) is 22.6. The molecule has 0 spiro atoms. The second-order valence-electron chi connectivity index (χ2n) is 7.44. The Bertz CT molecular complexity index is 1020. The molecule has 12 heteroatoms. The summed E-state index contributed by atoms with van der Waals surface area (Å²) in [5, 5.41) is 1.12. The van der Waals surface area contributed by atoms with Gasteiger partial charge in [0.2, 0.25) is 11.5 Å². The highest BCUT2D eigenvalue weighted by Gasteiger charge is 2.45. The Labute approximate surface area is 176 Å². The van der Waals surface area contributed by atoms with Gasteiger partial charge in [0.25, 0.3) is 0 Å². The number of guanidine groups is 1. The van der Waals surface area contributed by atoms with Crippen LogP contribution in [-0.4, -0.2) is 46.9 Å². The Kier molecular flexibility index (Phi) is 6.51. The molecule has 2 aromatic heterocycles. The monoisotopic (exact) mass is 438 g/mol. The molecule has 1 unspecified atom stereocenters. The quantitative estimate of drug-likeness (QED) is 0.248. The Morgan fingerprint density at radius 2 is 2.10 bits per heavy atom. The Balaban J connectivity index is 2.02. The third-order valence-electron chi connectivity index (χ3n) is 4.95. The average Bonchev–Trinajstić information content (AvgIpc) is 2.67. The number of nitrogens with zero attached hydrogens (tertiary/aromatic N) is 4. The SMILES string of the molecule is Cc1cnc(N=C(N)NN(C)N)cc1-c1cc(N2CCCCC2C(F)(F)F)[nH]c(=O)c1. The van der Waals surface area contributed by atoms with Crippen LogP contribution in [0.4, 0.5) is 24.8 Å². The van der Waals surface area contributed by atoms with E-state index in [4.69, 9.17) is 11.6 Å². The maximum Gasteiger partial charge on any atom is 0.408 e. The molecule has 1 atom stereocenters. The Hall–Kier alpha value is -3.12. The standard InChI is InChI=1S/C19H25F3N8O/c1-11-10-25-15(26-18(23)28-29(2)24)9-13(11)12-7-16(27-17(31)8-12)30-6-4-3-5-14(30)19(20,21)22/h7-10,14H,3-6,24H2,1-2H3,(H,27,31)(H3,23,25,26,28). The molecule has 0 radical (unpaired) electrons. The van der Waals surface area contributed by atoms with Gasteiger partial charge < -0.3 is 15.6 Å². The minimum Gasteiger partial charge on any atom is -0.368 e. The van der Waals surface area contributed by atoms with E-state index in [0.29, 0.717) is 24.0 Å². The van der Waals surface area contributed by atoms with E-state index in [1.54, 1.807) is 25.3 Å². The van der Waals surface area contributed by atoms with Crippen molar-refractivity contribution in [2.45, 2.75) is 38.4 Å². The molecule has 1 aliphatic heterocycles. The number of hydrogen-bond donors (Lipinski definition) is 4. The summed E-state index contributed by atoms with van der Waals surface area (Å²) in [7, 11) is 1.53. The van der Waals surface area contributed by atoms with Crippen LogP contribution in [0.5, 0.6) is 0 Å². The molecule has 0 aliphatic carbocycles. The number of rotatable bonds is 4. The summed E-state index contributed by atoms with van der Waals surface area (Å²) in [4.78, 5) is 24.4. The maximum absolute atomic E-state index is 13.5. The summed E-state index contributed by atoms with van der Waals surface area (Å²) in [6.07, 6.45) is -1.74. The van der Waals surface area contributed by atoms with Crippen molar-refractivity contribution < 1.29 is 13.2 Å². The van der Waals surface area contributed by atoms with E-state index < -0.39 is 17.8 Å². The molecular formula is C19H25F3N8O. The Morgan fingerprint density at radius 3 is 2.77 bits per heavy atom. The van der Waals surface area contributed by atoms with Gasteiger partial charge in [0.1, 0.15) is 11.9 Å². The number of anilines is 1. The average molecular weight is 438 g/mol. The van der Waals surface area contributed by atoms with Crippen molar-refractivity contribution in [1.29, 1.82) is 0 Å². The fourth-order valence-electron chi connectivity index (χ4n) is 3.61. The van der Waals surface area contributed by atoms with Crippen LogP contribution < -0.4 is 27.5 Å². The predicted molar refractivity (Wildman–Crippen MR) is 112 cm³/mol. The number of aliphatic imine (C=N–C) groups is 1. The molecule has 168 valence electrons. The normalized spacial score (nSPS) is 17.8. The van der Waals surface area contributed by atoms with Crippen molar-refractivity contribution in [3.63, 3.8) is 0 Å². The van der Waals surface area contributed by atoms with Crippen LogP contribution in [0.25, 0.3) is 11.1 Å². The fraction of sp³-hybridized carbons (Fsp3) is 0.421. The molecule has 1 saturated heterocycles. The van der Waals surface area contributed by atoms with Crippen molar-refractivity contribution in [2.24, 2.45) is 16.6 Å².